The molecule has 0 saturated heterocycles. The summed E-state index contributed by atoms with van der Waals surface area (Å²) in [5.41, 5.74) is 0.528. The van der Waals surface area contributed by atoms with E-state index in [1.807, 2.05) is 0 Å². The summed E-state index contributed by atoms with van der Waals surface area (Å²) in [6.45, 7) is 6.43. The van der Waals surface area contributed by atoms with E-state index in [4.69, 9.17) is 5.11 Å². The van der Waals surface area contributed by atoms with Crippen LogP contribution < -0.4 is 5.32 Å². The maximum Gasteiger partial charge on any atom is 0.303 e. The monoisotopic (exact) mass is 185 g/mol. The topological polar surface area (TPSA) is 49.3 Å². The van der Waals surface area contributed by atoms with Crippen molar-refractivity contribution in [1.82, 2.24) is 5.32 Å². The van der Waals surface area contributed by atoms with Crippen molar-refractivity contribution in [3.8, 4) is 0 Å². The van der Waals surface area contributed by atoms with E-state index in [9.17, 15) is 4.79 Å². The number of carboxylic acids is 1. The first-order valence-corrected chi connectivity index (χ1v) is 4.95. The van der Waals surface area contributed by atoms with Crippen LogP contribution in [0.1, 0.15) is 33.1 Å². The Morgan fingerprint density at radius 2 is 2.23 bits per heavy atom. The Hall–Kier alpha value is -0.570. The molecule has 0 amide bonds. The maximum absolute atomic E-state index is 10.2. The fourth-order valence-corrected chi connectivity index (χ4v) is 1.57. The summed E-state index contributed by atoms with van der Waals surface area (Å²) in [6.07, 6.45) is 2.32. The van der Waals surface area contributed by atoms with Gasteiger partial charge >= 0.3 is 5.97 Å². The van der Waals surface area contributed by atoms with Gasteiger partial charge in [-0.15, -0.1) is 0 Å². The average molecular weight is 185 g/mol. The minimum atomic E-state index is -0.700. The van der Waals surface area contributed by atoms with Crippen LogP contribution in [-0.2, 0) is 4.79 Å². The molecule has 1 rings (SSSR count). The first-order valence-electron chi connectivity index (χ1n) is 4.95. The fraction of sp³-hybridized carbons (Fsp3) is 0.900. The summed E-state index contributed by atoms with van der Waals surface area (Å²) >= 11 is 0. The highest BCUT2D eigenvalue weighted by Gasteiger charge is 2.44. The van der Waals surface area contributed by atoms with Crippen LogP contribution in [0, 0.1) is 11.3 Å². The molecule has 0 bridgehead atoms. The second-order valence-corrected chi connectivity index (χ2v) is 4.59. The summed E-state index contributed by atoms with van der Waals surface area (Å²) in [5.74, 6) is 0.103. The maximum atomic E-state index is 10.2. The van der Waals surface area contributed by atoms with Crippen molar-refractivity contribution >= 4 is 5.97 Å². The SMILES string of the molecule is CC1(C)CC1CNCCCC(=O)O. The van der Waals surface area contributed by atoms with Crippen molar-refractivity contribution in [3.63, 3.8) is 0 Å². The summed E-state index contributed by atoms with van der Waals surface area (Å²) in [5, 5.41) is 11.7. The molecule has 13 heavy (non-hydrogen) atoms. The zero-order valence-corrected chi connectivity index (χ0v) is 8.47. The lowest BCUT2D eigenvalue weighted by molar-refractivity contribution is -0.137. The standard InChI is InChI=1S/C10H19NO2/c1-10(2)6-8(10)7-11-5-3-4-9(12)13/h8,11H,3-7H2,1-2H3,(H,12,13). The van der Waals surface area contributed by atoms with E-state index >= 15 is 0 Å². The van der Waals surface area contributed by atoms with Crippen LogP contribution in [0.25, 0.3) is 0 Å². The smallest absolute Gasteiger partial charge is 0.303 e. The van der Waals surface area contributed by atoms with Gasteiger partial charge in [-0.05, 0) is 37.3 Å². The lowest BCUT2D eigenvalue weighted by Gasteiger charge is -2.04. The molecule has 1 aliphatic rings. The number of hydrogen-bond donors (Lipinski definition) is 2. The summed E-state index contributed by atoms with van der Waals surface area (Å²) in [4.78, 5) is 10.2. The molecule has 1 saturated carbocycles. The normalized spacial score (nSPS) is 24.3. The molecular formula is C10H19NO2. The zero-order chi connectivity index (χ0) is 9.90. The predicted octanol–water partition coefficient (Wildman–Crippen LogP) is 1.49. The predicted molar refractivity (Wildman–Crippen MR) is 51.6 cm³/mol. The first kappa shape index (κ1) is 10.5. The van der Waals surface area contributed by atoms with E-state index in [1.165, 1.54) is 6.42 Å². The van der Waals surface area contributed by atoms with Gasteiger partial charge in [0.15, 0.2) is 0 Å². The minimum Gasteiger partial charge on any atom is -0.481 e. The molecule has 1 aliphatic carbocycles. The van der Waals surface area contributed by atoms with Gasteiger partial charge < -0.3 is 10.4 Å². The van der Waals surface area contributed by atoms with Crippen molar-refractivity contribution in [2.75, 3.05) is 13.1 Å². The van der Waals surface area contributed by atoms with E-state index in [-0.39, 0.29) is 6.42 Å². The highest BCUT2D eigenvalue weighted by atomic mass is 16.4. The van der Waals surface area contributed by atoms with Crippen LogP contribution in [0.2, 0.25) is 0 Å². The Morgan fingerprint density at radius 3 is 2.69 bits per heavy atom. The summed E-state index contributed by atoms with van der Waals surface area (Å²) in [7, 11) is 0. The second-order valence-electron chi connectivity index (χ2n) is 4.59. The Bertz CT molecular complexity index is 189. The fourth-order valence-electron chi connectivity index (χ4n) is 1.57. The second kappa shape index (κ2) is 4.09. The number of rotatable bonds is 6. The van der Waals surface area contributed by atoms with Crippen LogP contribution in [0.4, 0.5) is 0 Å². The molecule has 0 aromatic rings. The number of nitrogens with one attached hydrogen (secondary N) is 1. The van der Waals surface area contributed by atoms with Crippen molar-refractivity contribution in [2.24, 2.45) is 11.3 Å². The molecule has 1 fully saturated rings. The molecule has 1 atom stereocenters. The molecule has 0 heterocycles. The Morgan fingerprint density at radius 1 is 1.62 bits per heavy atom. The number of hydrogen-bond acceptors (Lipinski definition) is 2. The van der Waals surface area contributed by atoms with Gasteiger partial charge in [-0.1, -0.05) is 13.8 Å². The number of carbonyl (C=O) groups is 1. The summed E-state index contributed by atoms with van der Waals surface area (Å²) in [6, 6.07) is 0. The van der Waals surface area contributed by atoms with Crippen LogP contribution in [0.15, 0.2) is 0 Å². The lowest BCUT2D eigenvalue weighted by atomic mass is 10.1. The number of aliphatic carboxylic acids is 1. The van der Waals surface area contributed by atoms with Crippen molar-refractivity contribution in [1.29, 1.82) is 0 Å². The number of carboxylic acid groups (broad SMARTS) is 1. The van der Waals surface area contributed by atoms with Gasteiger partial charge in [-0.2, -0.15) is 0 Å². The van der Waals surface area contributed by atoms with E-state index < -0.39 is 5.97 Å². The highest BCUT2D eigenvalue weighted by Crippen LogP contribution is 2.50. The molecule has 0 radical (unpaired) electrons. The van der Waals surface area contributed by atoms with E-state index in [0.717, 1.165) is 25.4 Å². The molecule has 3 nitrogen and oxygen atoms in total. The molecule has 0 aromatic carbocycles. The van der Waals surface area contributed by atoms with Crippen LogP contribution >= 0.6 is 0 Å². The molecule has 2 N–H and O–H groups in total. The molecular weight excluding hydrogens is 166 g/mol. The van der Waals surface area contributed by atoms with Crippen molar-refractivity contribution in [2.45, 2.75) is 33.1 Å². The van der Waals surface area contributed by atoms with Gasteiger partial charge in [0.2, 0.25) is 0 Å². The van der Waals surface area contributed by atoms with Crippen molar-refractivity contribution < 1.29 is 9.90 Å². The van der Waals surface area contributed by atoms with Gasteiger partial charge in [-0.25, -0.2) is 0 Å². The van der Waals surface area contributed by atoms with Gasteiger partial charge in [0.1, 0.15) is 0 Å². The van der Waals surface area contributed by atoms with Crippen LogP contribution in [0.3, 0.4) is 0 Å². The van der Waals surface area contributed by atoms with Gasteiger partial charge in [0.05, 0.1) is 0 Å². The van der Waals surface area contributed by atoms with Gasteiger partial charge in [0, 0.05) is 6.42 Å². The van der Waals surface area contributed by atoms with Crippen molar-refractivity contribution in [3.05, 3.63) is 0 Å². The minimum absolute atomic E-state index is 0.279. The molecule has 1 unspecified atom stereocenters. The quantitative estimate of drug-likeness (QED) is 0.616. The Labute approximate surface area is 79.5 Å². The third-order valence-corrected chi connectivity index (χ3v) is 2.85. The molecule has 0 aromatic heterocycles. The average Bonchev–Trinajstić information content (AvgIpc) is 2.58. The third kappa shape index (κ3) is 3.77. The van der Waals surface area contributed by atoms with E-state index in [2.05, 4.69) is 19.2 Å². The largest absolute Gasteiger partial charge is 0.481 e. The van der Waals surface area contributed by atoms with Crippen LogP contribution in [-0.4, -0.2) is 24.2 Å². The van der Waals surface area contributed by atoms with E-state index in [0.29, 0.717) is 5.41 Å². The molecule has 0 aliphatic heterocycles. The lowest BCUT2D eigenvalue weighted by Crippen LogP contribution is -2.20. The van der Waals surface area contributed by atoms with Gasteiger partial charge in [0.25, 0.3) is 0 Å². The van der Waals surface area contributed by atoms with E-state index in [1.54, 1.807) is 0 Å². The third-order valence-electron chi connectivity index (χ3n) is 2.85. The molecule has 0 spiro atoms. The highest BCUT2D eigenvalue weighted by molar-refractivity contribution is 5.66. The molecule has 76 valence electrons. The first-order chi connectivity index (χ1) is 6.02. The zero-order valence-electron chi connectivity index (χ0n) is 8.47. The summed E-state index contributed by atoms with van der Waals surface area (Å²) < 4.78 is 0. The molecule has 3 heteroatoms. The Kier molecular flexibility index (Phi) is 3.31. The van der Waals surface area contributed by atoms with Crippen LogP contribution in [0.5, 0.6) is 0 Å². The van der Waals surface area contributed by atoms with Gasteiger partial charge in [-0.3, -0.25) is 4.79 Å². The Balaban J connectivity index is 1.88.